The number of hydrogen-bond acceptors (Lipinski definition) is 1. The van der Waals surface area contributed by atoms with Gasteiger partial charge in [-0.2, -0.15) is 0 Å². The van der Waals surface area contributed by atoms with Crippen molar-refractivity contribution in [1.29, 1.82) is 0 Å². The van der Waals surface area contributed by atoms with Crippen LogP contribution in [0.5, 0.6) is 0 Å². The Morgan fingerprint density at radius 2 is 0.194 bits per heavy atom. The van der Waals surface area contributed by atoms with Crippen molar-refractivity contribution in [3.63, 3.8) is 0 Å². The molecule has 0 rings (SSSR count). The van der Waals surface area contributed by atoms with E-state index in [9.17, 15) is 0 Å². The van der Waals surface area contributed by atoms with Crippen LogP contribution < -0.4 is 0 Å². The van der Waals surface area contributed by atoms with E-state index >= 15 is 0 Å². The summed E-state index contributed by atoms with van der Waals surface area (Å²) in [6.07, 6.45) is 0. The van der Waals surface area contributed by atoms with Crippen molar-refractivity contribution in [2.45, 2.75) is 0 Å². The molecule has 0 atom stereocenters. The van der Waals surface area contributed by atoms with Crippen molar-refractivity contribution in [3.8, 4) is 0 Å². The smallest absolute Gasteiger partial charge is 0 e. The Balaban J connectivity index is -0.0000000000123. The fourth-order valence-electron chi connectivity index (χ4n) is 0. The molecule has 232 valence electrons. The van der Waals surface area contributed by atoms with Crippen molar-refractivity contribution in [3.05, 3.63) is 0 Å². The zero-order valence-electron chi connectivity index (χ0n) is 14.9. The maximum absolute atomic E-state index is 6.25. The van der Waals surface area contributed by atoms with Crippen LogP contribution in [0.25, 0.3) is 0 Å². The average Bonchev–Trinajstić information content (AvgIpc) is 1.00. The van der Waals surface area contributed by atoms with Gasteiger partial charge >= 0.3 is 0 Å². The molecule has 0 spiro atoms. The molecule has 0 aliphatic carbocycles. The van der Waals surface area contributed by atoms with Gasteiger partial charge in [-0.05, 0) is 0 Å². The molecule has 0 heterocycles. The van der Waals surface area contributed by atoms with Crippen LogP contribution in [0.15, 0.2) is 0 Å². The second-order valence-electron chi connectivity index (χ2n) is 0. The van der Waals surface area contributed by atoms with E-state index in [1.807, 2.05) is 0 Å². The standard InChI is InChI=1S/7Mo.H2O2.22H2O/c;;;;;;;1-2;;;;;;;;;;;;;;;;;;;;;;/h;;;;;;;1-2H;22*1H2/p+2. The van der Waals surface area contributed by atoms with E-state index in [0.717, 1.165) is 0 Å². The molecule has 0 bridgehead atoms. The molecule has 0 aliphatic rings. The van der Waals surface area contributed by atoms with Gasteiger partial charge in [0.25, 0.3) is 0 Å². The minimum absolute atomic E-state index is 0. The molecule has 0 aromatic heterocycles. The van der Waals surface area contributed by atoms with Crippen LogP contribution in [0.1, 0.15) is 0 Å². The van der Waals surface area contributed by atoms with E-state index in [0.29, 0.717) is 0 Å². The Morgan fingerprint density at radius 1 is 0.194 bits per heavy atom. The van der Waals surface area contributed by atoms with E-state index in [1.54, 1.807) is 0 Å². The largest absolute Gasteiger partial charge is 0.457 e. The van der Waals surface area contributed by atoms with Crippen molar-refractivity contribution >= 4 is 0 Å². The zero-order chi connectivity index (χ0) is 2.00. The van der Waals surface area contributed by atoms with Crippen LogP contribution in [0.2, 0.25) is 0 Å². The van der Waals surface area contributed by atoms with Crippen molar-refractivity contribution < 1.29 is 278 Å². The van der Waals surface area contributed by atoms with Crippen LogP contribution in [0.4, 0.5) is 0 Å². The molecule has 0 saturated carbocycles. The molecular formula is H48Mo7O24+2. The fourth-order valence-corrected chi connectivity index (χ4v) is 0. The molecule has 0 fully saturated rings. The third-order valence-corrected chi connectivity index (χ3v) is 0. The van der Waals surface area contributed by atoms with E-state index in [-0.39, 0.29) is 268 Å². The molecule has 0 aromatic carbocycles. The van der Waals surface area contributed by atoms with Gasteiger partial charge in [0.1, 0.15) is 0 Å². The van der Waals surface area contributed by atoms with Crippen LogP contribution in [-0.2, 0) is 153 Å². The van der Waals surface area contributed by atoms with Gasteiger partial charge in [0.05, 0.1) is 0 Å². The third-order valence-electron chi connectivity index (χ3n) is 0. The quantitative estimate of drug-likeness (QED) is 0.105. The summed E-state index contributed by atoms with van der Waals surface area (Å²) in [4.78, 5) is 0. The van der Waals surface area contributed by atoms with Crippen LogP contribution in [0, 0.1) is 0 Å². The number of hydrogen-bond donors (Lipinski definition) is 1. The molecule has 0 saturated heterocycles. The zero-order valence-corrected chi connectivity index (χ0v) is 28.9. The van der Waals surface area contributed by atoms with Gasteiger partial charge in [-0.25, -0.2) is 0 Å². The number of rotatable bonds is 0. The van der Waals surface area contributed by atoms with Crippen LogP contribution >= 0.6 is 0 Å². The molecule has 31 heteroatoms. The Bertz CT molecular complexity index is 23.9. The maximum atomic E-state index is 6.25. The molecule has 0 radical (unpaired) electrons. The third kappa shape index (κ3) is 2310. The average molecular weight is 1100 g/mol. The predicted octanol–water partition coefficient (Wildman–Crippen LogP) is -19.1. The first-order valence-electron chi connectivity index (χ1n) is 0.224. The first-order chi connectivity index (χ1) is 1.00. The molecule has 24 nitrogen and oxygen atoms in total. The molecule has 48 N–H and O–H groups in total. The Hall–Kier alpha value is 3.86. The Morgan fingerprint density at radius 3 is 0.194 bits per heavy atom. The van der Waals surface area contributed by atoms with E-state index < -0.39 is 0 Å². The summed E-state index contributed by atoms with van der Waals surface area (Å²) in [5.41, 5.74) is 0. The monoisotopic (exact) mass is 1120 g/mol. The van der Waals surface area contributed by atoms with Crippen LogP contribution in [-0.4, -0.2) is 126 Å². The Labute approximate surface area is 275 Å². The molecular weight excluding hydrogens is 1060 g/mol. The van der Waals surface area contributed by atoms with Gasteiger partial charge < -0.3 is 120 Å². The van der Waals surface area contributed by atoms with E-state index in [4.69, 9.17) is 10.5 Å². The van der Waals surface area contributed by atoms with E-state index in [1.165, 1.54) is 0 Å². The van der Waals surface area contributed by atoms with Crippen molar-refractivity contribution in [2.24, 2.45) is 0 Å². The summed E-state index contributed by atoms with van der Waals surface area (Å²) in [5.74, 6) is 0. The second-order valence-corrected chi connectivity index (χ2v) is 0. The topological polar surface area (TPSA) is 738 Å². The summed E-state index contributed by atoms with van der Waals surface area (Å²) in [7, 11) is 0. The van der Waals surface area contributed by atoms with Crippen molar-refractivity contribution in [1.82, 2.24) is 0 Å². The Kier molecular flexibility index (Phi) is 134000. The molecule has 0 unspecified atom stereocenters. The first kappa shape index (κ1) is 1690. The first-order valence-corrected chi connectivity index (χ1v) is 0.224. The minimum Gasteiger partial charge on any atom is -0.457 e. The summed E-state index contributed by atoms with van der Waals surface area (Å²) in [6, 6.07) is 0. The SMILES string of the molecule is O.O.O.O.O.O.O.O.O.O.O.O.O.O.O.O.O.O.O.O.O.O[OH2+].[Mo].[Mo].[Mo].[Mo].[Mo].[Mo].[Mo].[OH3+]. The second kappa shape index (κ2) is 2460. The normalized spacial score (nSPS) is 0.194. The van der Waals surface area contributed by atoms with Gasteiger partial charge in [0, 0.05) is 147 Å². The summed E-state index contributed by atoms with van der Waals surface area (Å²) in [5, 5.41) is 11.0. The van der Waals surface area contributed by atoms with E-state index in [2.05, 4.69) is 0 Å². The summed E-state index contributed by atoms with van der Waals surface area (Å²) < 4.78 is 0. The fraction of sp³-hybridized carbons (Fsp3) is 0. The van der Waals surface area contributed by atoms with Gasteiger partial charge in [-0.15, -0.1) is 5.26 Å². The molecule has 0 amide bonds. The minimum atomic E-state index is 0. The van der Waals surface area contributed by atoms with Crippen molar-refractivity contribution in [2.75, 3.05) is 0 Å². The van der Waals surface area contributed by atoms with Gasteiger partial charge in [-0.1, -0.05) is 0 Å². The predicted molar refractivity (Wildman–Crippen MR) is 87.0 cm³/mol. The summed E-state index contributed by atoms with van der Waals surface area (Å²) in [6.45, 7) is 0. The molecule has 0 aromatic rings. The van der Waals surface area contributed by atoms with Gasteiger partial charge in [0.2, 0.25) is 0 Å². The van der Waals surface area contributed by atoms with Gasteiger partial charge in [0.15, 0.2) is 0 Å². The maximum Gasteiger partial charge on any atom is 0 e. The molecule has 31 heavy (non-hydrogen) atoms. The van der Waals surface area contributed by atoms with Crippen LogP contribution in [0.3, 0.4) is 0 Å². The summed E-state index contributed by atoms with van der Waals surface area (Å²) >= 11 is 0. The van der Waals surface area contributed by atoms with Gasteiger partial charge in [-0.3, -0.25) is 5.26 Å². The molecule has 0 aliphatic heterocycles.